The number of carbonyl (C=O) groups is 1. The molecule has 2 heterocycles. The molecule has 0 saturated carbocycles. The number of halogens is 2. The third-order valence-corrected chi connectivity index (χ3v) is 4.34. The minimum absolute atomic E-state index is 0. The third-order valence-electron chi connectivity index (χ3n) is 4.34. The molecule has 0 aliphatic carbocycles. The van der Waals surface area contributed by atoms with Gasteiger partial charge in [-0.25, -0.2) is 4.39 Å². The van der Waals surface area contributed by atoms with E-state index in [-0.39, 0.29) is 36.1 Å². The van der Waals surface area contributed by atoms with E-state index in [2.05, 4.69) is 15.5 Å². The fraction of sp³-hybridized carbons (Fsp3) is 0.562. The molecule has 1 atom stereocenters. The molecule has 0 spiro atoms. The minimum Gasteiger partial charge on any atom is -0.379 e. The number of amides is 1. The highest BCUT2D eigenvalue weighted by Crippen LogP contribution is 2.22. The molecule has 5 nitrogen and oxygen atoms in total. The second kappa shape index (κ2) is 8.59. The van der Waals surface area contributed by atoms with Crippen molar-refractivity contribution in [3.8, 4) is 0 Å². The summed E-state index contributed by atoms with van der Waals surface area (Å²) in [6, 6.07) is 6.61. The third kappa shape index (κ3) is 4.64. The lowest BCUT2D eigenvalue weighted by molar-refractivity contribution is -0.126. The van der Waals surface area contributed by atoms with E-state index in [0.29, 0.717) is 19.8 Å². The Morgan fingerprint density at radius 2 is 2.13 bits per heavy atom. The second-order valence-corrected chi connectivity index (χ2v) is 5.82. The van der Waals surface area contributed by atoms with Gasteiger partial charge in [0.2, 0.25) is 5.91 Å². The number of benzene rings is 1. The van der Waals surface area contributed by atoms with Gasteiger partial charge in [-0.1, -0.05) is 12.1 Å². The number of nitrogens with zero attached hydrogens (tertiary/aromatic N) is 1. The molecule has 7 heteroatoms. The second-order valence-electron chi connectivity index (χ2n) is 5.82. The van der Waals surface area contributed by atoms with E-state index in [9.17, 15) is 9.18 Å². The molecule has 2 saturated heterocycles. The first-order valence-corrected chi connectivity index (χ1v) is 7.80. The maximum atomic E-state index is 13.5. The van der Waals surface area contributed by atoms with Gasteiger partial charge in [0.1, 0.15) is 5.82 Å². The summed E-state index contributed by atoms with van der Waals surface area (Å²) in [5.41, 5.74) is 0.897. The molecule has 1 amide bonds. The molecule has 0 radical (unpaired) electrons. The summed E-state index contributed by atoms with van der Waals surface area (Å²) in [6.07, 6.45) is 0. The highest BCUT2D eigenvalue weighted by Gasteiger charge is 2.27. The molecule has 2 aliphatic heterocycles. The number of rotatable bonds is 5. The van der Waals surface area contributed by atoms with Crippen molar-refractivity contribution in [1.82, 2.24) is 15.5 Å². The molecule has 1 aromatic rings. The zero-order valence-electron chi connectivity index (χ0n) is 13.0. The molecule has 1 aromatic carbocycles. The Bertz CT molecular complexity index is 522. The zero-order valence-corrected chi connectivity index (χ0v) is 13.8. The van der Waals surface area contributed by atoms with Gasteiger partial charge in [-0.15, -0.1) is 12.4 Å². The lowest BCUT2D eigenvalue weighted by Gasteiger charge is -2.35. The Kier molecular flexibility index (Phi) is 6.77. The molecular weight excluding hydrogens is 321 g/mol. The smallest absolute Gasteiger partial charge is 0.225 e. The first-order valence-electron chi connectivity index (χ1n) is 7.80. The SMILES string of the molecule is Cl.O=C(NCC(c1cccc(F)c1)N1CCOCC1)C1CNC1. The highest BCUT2D eigenvalue weighted by atomic mass is 35.5. The molecule has 1 unspecified atom stereocenters. The number of ether oxygens (including phenoxy) is 1. The van der Waals surface area contributed by atoms with E-state index in [4.69, 9.17) is 4.74 Å². The molecule has 0 aromatic heterocycles. The van der Waals surface area contributed by atoms with Crippen molar-refractivity contribution in [2.45, 2.75) is 6.04 Å². The Labute approximate surface area is 142 Å². The van der Waals surface area contributed by atoms with Crippen LogP contribution in [0, 0.1) is 11.7 Å². The van der Waals surface area contributed by atoms with E-state index >= 15 is 0 Å². The van der Waals surface area contributed by atoms with Crippen molar-refractivity contribution in [2.75, 3.05) is 45.9 Å². The average molecular weight is 344 g/mol. The van der Waals surface area contributed by atoms with Crippen LogP contribution in [0.25, 0.3) is 0 Å². The van der Waals surface area contributed by atoms with Gasteiger partial charge in [-0.05, 0) is 17.7 Å². The molecule has 2 aliphatic rings. The molecule has 128 valence electrons. The maximum absolute atomic E-state index is 13.5. The normalized spacial score (nSPS) is 20.2. The van der Waals surface area contributed by atoms with Gasteiger partial charge in [-0.3, -0.25) is 9.69 Å². The lowest BCUT2D eigenvalue weighted by atomic mass is 10.0. The molecule has 2 N–H and O–H groups in total. The summed E-state index contributed by atoms with van der Waals surface area (Å²) in [6.45, 7) is 4.92. The summed E-state index contributed by atoms with van der Waals surface area (Å²) in [7, 11) is 0. The first kappa shape index (κ1) is 18.1. The van der Waals surface area contributed by atoms with Gasteiger partial charge in [0.25, 0.3) is 0 Å². The largest absolute Gasteiger partial charge is 0.379 e. The topological polar surface area (TPSA) is 53.6 Å². The highest BCUT2D eigenvalue weighted by molar-refractivity contribution is 5.85. The summed E-state index contributed by atoms with van der Waals surface area (Å²) < 4.78 is 18.9. The standard InChI is InChI=1S/C16H22FN3O2.ClH/c17-14-3-1-2-12(8-14)15(20-4-6-22-7-5-20)11-19-16(21)13-9-18-10-13;/h1-3,8,13,15,18H,4-7,9-11H2,(H,19,21);1H. The van der Waals surface area contributed by atoms with Crippen molar-refractivity contribution in [3.05, 3.63) is 35.6 Å². The Morgan fingerprint density at radius 1 is 1.39 bits per heavy atom. The van der Waals surface area contributed by atoms with E-state index < -0.39 is 0 Å². The molecule has 2 fully saturated rings. The van der Waals surface area contributed by atoms with Crippen LogP contribution in [0.1, 0.15) is 11.6 Å². The van der Waals surface area contributed by atoms with Gasteiger partial charge in [-0.2, -0.15) is 0 Å². The van der Waals surface area contributed by atoms with Gasteiger partial charge < -0.3 is 15.4 Å². The predicted molar refractivity (Wildman–Crippen MR) is 88.2 cm³/mol. The quantitative estimate of drug-likeness (QED) is 0.836. The molecule has 3 rings (SSSR count). The number of nitrogens with one attached hydrogen (secondary N) is 2. The Morgan fingerprint density at radius 3 is 2.74 bits per heavy atom. The Hall–Kier alpha value is -1.21. The minimum atomic E-state index is -0.245. The monoisotopic (exact) mass is 343 g/mol. The molecule has 23 heavy (non-hydrogen) atoms. The van der Waals surface area contributed by atoms with Crippen LogP contribution in [0.4, 0.5) is 4.39 Å². The van der Waals surface area contributed by atoms with Crippen molar-refractivity contribution < 1.29 is 13.9 Å². The molecular formula is C16H23ClFN3O2. The van der Waals surface area contributed by atoms with Gasteiger partial charge in [0.05, 0.1) is 25.2 Å². The van der Waals surface area contributed by atoms with Crippen LogP contribution in [0.15, 0.2) is 24.3 Å². The number of carbonyl (C=O) groups excluding carboxylic acids is 1. The zero-order chi connectivity index (χ0) is 15.4. The van der Waals surface area contributed by atoms with Crippen molar-refractivity contribution in [3.63, 3.8) is 0 Å². The van der Waals surface area contributed by atoms with Crippen LogP contribution in [0.3, 0.4) is 0 Å². The first-order chi connectivity index (χ1) is 10.7. The summed E-state index contributed by atoms with van der Waals surface area (Å²) in [5, 5.41) is 6.11. The van der Waals surface area contributed by atoms with Crippen molar-refractivity contribution in [1.29, 1.82) is 0 Å². The average Bonchev–Trinajstić information content (AvgIpc) is 2.47. The lowest BCUT2D eigenvalue weighted by Crippen LogP contribution is -2.52. The van der Waals surface area contributed by atoms with Crippen molar-refractivity contribution in [2.24, 2.45) is 5.92 Å². The van der Waals surface area contributed by atoms with E-state index in [1.54, 1.807) is 12.1 Å². The van der Waals surface area contributed by atoms with Crippen LogP contribution >= 0.6 is 12.4 Å². The van der Waals surface area contributed by atoms with Gasteiger partial charge in [0.15, 0.2) is 0 Å². The number of hydrogen-bond acceptors (Lipinski definition) is 4. The summed E-state index contributed by atoms with van der Waals surface area (Å²) in [4.78, 5) is 14.3. The number of hydrogen-bond donors (Lipinski definition) is 2. The van der Waals surface area contributed by atoms with Crippen LogP contribution in [0.2, 0.25) is 0 Å². The van der Waals surface area contributed by atoms with Gasteiger partial charge >= 0.3 is 0 Å². The van der Waals surface area contributed by atoms with Crippen molar-refractivity contribution >= 4 is 18.3 Å². The van der Waals surface area contributed by atoms with E-state index in [0.717, 1.165) is 31.7 Å². The fourth-order valence-electron chi connectivity index (χ4n) is 2.88. The summed E-state index contributed by atoms with van der Waals surface area (Å²) in [5.74, 6) is -0.100. The van der Waals surface area contributed by atoms with Crippen LogP contribution in [-0.2, 0) is 9.53 Å². The van der Waals surface area contributed by atoms with E-state index in [1.807, 2.05) is 6.07 Å². The predicted octanol–water partition coefficient (Wildman–Crippen LogP) is 0.956. The van der Waals surface area contributed by atoms with Crippen LogP contribution in [0.5, 0.6) is 0 Å². The van der Waals surface area contributed by atoms with Crippen LogP contribution in [-0.4, -0.2) is 56.7 Å². The Balaban J connectivity index is 0.00000192. The maximum Gasteiger partial charge on any atom is 0.225 e. The molecule has 0 bridgehead atoms. The van der Waals surface area contributed by atoms with E-state index in [1.165, 1.54) is 6.07 Å². The summed E-state index contributed by atoms with van der Waals surface area (Å²) >= 11 is 0. The number of morpholine rings is 1. The van der Waals surface area contributed by atoms with Gasteiger partial charge in [0, 0.05) is 32.7 Å². The fourth-order valence-corrected chi connectivity index (χ4v) is 2.88. The van der Waals surface area contributed by atoms with Crippen LogP contribution < -0.4 is 10.6 Å².